The highest BCUT2D eigenvalue weighted by Gasteiger charge is 1.95. The van der Waals surface area contributed by atoms with E-state index in [0.29, 0.717) is 26.4 Å². The van der Waals surface area contributed by atoms with Crippen LogP contribution >= 0.6 is 0 Å². The molecular weight excluding hydrogens is 218 g/mol. The minimum Gasteiger partial charge on any atom is -0.383 e. The normalized spacial score (nSPS) is 10.5. The first kappa shape index (κ1) is 14.0. The number of rotatable bonds is 9. The highest BCUT2D eigenvalue weighted by atomic mass is 16.5. The SMILES string of the molecule is COCCOCCNc1cccc(COC)c1. The van der Waals surface area contributed by atoms with Crippen molar-refractivity contribution in [3.05, 3.63) is 29.8 Å². The molecule has 1 N–H and O–H groups in total. The molecule has 0 unspecified atom stereocenters. The third-order valence-corrected chi connectivity index (χ3v) is 2.25. The van der Waals surface area contributed by atoms with Crippen LogP contribution in [0.3, 0.4) is 0 Å². The van der Waals surface area contributed by atoms with Gasteiger partial charge in [0.15, 0.2) is 0 Å². The zero-order chi connectivity index (χ0) is 12.3. The van der Waals surface area contributed by atoms with Gasteiger partial charge < -0.3 is 19.5 Å². The molecule has 1 aromatic carbocycles. The molecule has 1 rings (SSSR count). The van der Waals surface area contributed by atoms with Crippen molar-refractivity contribution in [2.24, 2.45) is 0 Å². The number of hydrogen-bond donors (Lipinski definition) is 1. The lowest BCUT2D eigenvalue weighted by Gasteiger charge is -2.08. The van der Waals surface area contributed by atoms with Crippen LogP contribution in [-0.2, 0) is 20.8 Å². The summed E-state index contributed by atoms with van der Waals surface area (Å²) in [6.07, 6.45) is 0. The maximum absolute atomic E-state index is 5.36. The van der Waals surface area contributed by atoms with E-state index in [2.05, 4.69) is 11.4 Å². The van der Waals surface area contributed by atoms with E-state index < -0.39 is 0 Å². The van der Waals surface area contributed by atoms with Gasteiger partial charge in [-0.15, -0.1) is 0 Å². The molecule has 17 heavy (non-hydrogen) atoms. The summed E-state index contributed by atoms with van der Waals surface area (Å²) in [6.45, 7) is 3.39. The fourth-order valence-corrected chi connectivity index (χ4v) is 1.45. The van der Waals surface area contributed by atoms with Gasteiger partial charge >= 0.3 is 0 Å². The summed E-state index contributed by atoms with van der Waals surface area (Å²) >= 11 is 0. The van der Waals surface area contributed by atoms with Gasteiger partial charge in [-0.25, -0.2) is 0 Å². The molecule has 96 valence electrons. The maximum atomic E-state index is 5.36. The Morgan fingerprint density at radius 3 is 2.71 bits per heavy atom. The predicted molar refractivity (Wildman–Crippen MR) is 68.3 cm³/mol. The van der Waals surface area contributed by atoms with Gasteiger partial charge in [0.25, 0.3) is 0 Å². The molecule has 0 atom stereocenters. The molecule has 0 saturated heterocycles. The lowest BCUT2D eigenvalue weighted by atomic mass is 10.2. The zero-order valence-electron chi connectivity index (χ0n) is 10.6. The summed E-state index contributed by atoms with van der Waals surface area (Å²) in [6, 6.07) is 8.18. The second-order valence-corrected chi connectivity index (χ2v) is 3.67. The Balaban J connectivity index is 2.19. The number of nitrogens with one attached hydrogen (secondary N) is 1. The number of methoxy groups -OCH3 is 2. The molecule has 0 radical (unpaired) electrons. The first-order chi connectivity index (χ1) is 8.36. The molecule has 0 amide bonds. The van der Waals surface area contributed by atoms with Gasteiger partial charge in [0.1, 0.15) is 0 Å². The lowest BCUT2D eigenvalue weighted by molar-refractivity contribution is 0.0759. The maximum Gasteiger partial charge on any atom is 0.0713 e. The molecule has 0 aliphatic heterocycles. The second-order valence-electron chi connectivity index (χ2n) is 3.67. The van der Waals surface area contributed by atoms with Crippen molar-refractivity contribution in [2.75, 3.05) is 45.9 Å². The minimum absolute atomic E-state index is 0.639. The van der Waals surface area contributed by atoms with Crippen LogP contribution in [0.15, 0.2) is 24.3 Å². The Labute approximate surface area is 103 Å². The Bertz CT molecular complexity index is 304. The van der Waals surface area contributed by atoms with Gasteiger partial charge in [-0.05, 0) is 17.7 Å². The predicted octanol–water partition coefficient (Wildman–Crippen LogP) is 1.91. The molecule has 0 aliphatic carbocycles. The van der Waals surface area contributed by atoms with Crippen molar-refractivity contribution in [1.82, 2.24) is 0 Å². The zero-order valence-corrected chi connectivity index (χ0v) is 10.6. The number of benzene rings is 1. The largest absolute Gasteiger partial charge is 0.383 e. The van der Waals surface area contributed by atoms with E-state index in [1.807, 2.05) is 18.2 Å². The molecule has 0 spiro atoms. The topological polar surface area (TPSA) is 39.7 Å². The number of hydrogen-bond acceptors (Lipinski definition) is 4. The fourth-order valence-electron chi connectivity index (χ4n) is 1.45. The Kier molecular flexibility index (Phi) is 7.38. The molecule has 4 heteroatoms. The van der Waals surface area contributed by atoms with Crippen LogP contribution in [0.4, 0.5) is 5.69 Å². The summed E-state index contributed by atoms with van der Waals surface area (Å²) in [4.78, 5) is 0. The quantitative estimate of drug-likeness (QED) is 0.668. The first-order valence-electron chi connectivity index (χ1n) is 5.75. The van der Waals surface area contributed by atoms with Gasteiger partial charge in [-0.2, -0.15) is 0 Å². The van der Waals surface area contributed by atoms with E-state index in [9.17, 15) is 0 Å². The average molecular weight is 239 g/mol. The van der Waals surface area contributed by atoms with E-state index in [4.69, 9.17) is 14.2 Å². The van der Waals surface area contributed by atoms with Crippen LogP contribution in [0.2, 0.25) is 0 Å². The summed E-state index contributed by atoms with van der Waals surface area (Å²) < 4.78 is 15.3. The molecule has 0 heterocycles. The highest BCUT2D eigenvalue weighted by molar-refractivity contribution is 5.45. The Morgan fingerprint density at radius 2 is 1.94 bits per heavy atom. The molecule has 1 aromatic rings. The summed E-state index contributed by atoms with van der Waals surface area (Å²) in [5.41, 5.74) is 2.26. The lowest BCUT2D eigenvalue weighted by Crippen LogP contribution is -2.12. The Hall–Kier alpha value is -1.10. The summed E-state index contributed by atoms with van der Waals surface area (Å²) in [7, 11) is 3.37. The molecular formula is C13H21NO3. The monoisotopic (exact) mass is 239 g/mol. The minimum atomic E-state index is 0.639. The van der Waals surface area contributed by atoms with Crippen LogP contribution < -0.4 is 5.32 Å². The van der Waals surface area contributed by atoms with Crippen LogP contribution in [-0.4, -0.2) is 40.6 Å². The van der Waals surface area contributed by atoms with Gasteiger partial charge in [0, 0.05) is 26.5 Å². The van der Waals surface area contributed by atoms with Crippen molar-refractivity contribution in [1.29, 1.82) is 0 Å². The van der Waals surface area contributed by atoms with Gasteiger partial charge in [-0.3, -0.25) is 0 Å². The summed E-state index contributed by atoms with van der Waals surface area (Å²) in [5, 5.41) is 3.30. The van der Waals surface area contributed by atoms with Gasteiger partial charge in [0.2, 0.25) is 0 Å². The second kappa shape index (κ2) is 8.98. The van der Waals surface area contributed by atoms with Crippen molar-refractivity contribution in [3.63, 3.8) is 0 Å². The van der Waals surface area contributed by atoms with Crippen LogP contribution in [0.25, 0.3) is 0 Å². The van der Waals surface area contributed by atoms with E-state index >= 15 is 0 Å². The molecule has 4 nitrogen and oxygen atoms in total. The van der Waals surface area contributed by atoms with E-state index in [0.717, 1.165) is 17.8 Å². The molecule has 0 bridgehead atoms. The third kappa shape index (κ3) is 6.26. The molecule has 0 aliphatic rings. The van der Waals surface area contributed by atoms with E-state index in [1.54, 1.807) is 14.2 Å². The van der Waals surface area contributed by atoms with Gasteiger partial charge in [0.05, 0.1) is 26.4 Å². The summed E-state index contributed by atoms with van der Waals surface area (Å²) in [5.74, 6) is 0. The van der Waals surface area contributed by atoms with E-state index in [-0.39, 0.29) is 0 Å². The molecule has 0 aromatic heterocycles. The van der Waals surface area contributed by atoms with Crippen molar-refractivity contribution >= 4 is 5.69 Å². The fraction of sp³-hybridized carbons (Fsp3) is 0.538. The van der Waals surface area contributed by atoms with Crippen LogP contribution in [0, 0.1) is 0 Å². The van der Waals surface area contributed by atoms with Gasteiger partial charge in [-0.1, -0.05) is 12.1 Å². The van der Waals surface area contributed by atoms with Crippen LogP contribution in [0.1, 0.15) is 5.56 Å². The number of ether oxygens (including phenoxy) is 3. The van der Waals surface area contributed by atoms with Crippen molar-refractivity contribution in [2.45, 2.75) is 6.61 Å². The standard InChI is InChI=1S/C13H21NO3/c1-15-8-9-17-7-6-14-13-5-3-4-12(10-13)11-16-2/h3-5,10,14H,6-9,11H2,1-2H3. The Morgan fingerprint density at radius 1 is 1.06 bits per heavy atom. The van der Waals surface area contributed by atoms with Crippen molar-refractivity contribution in [3.8, 4) is 0 Å². The van der Waals surface area contributed by atoms with Crippen molar-refractivity contribution < 1.29 is 14.2 Å². The van der Waals surface area contributed by atoms with Crippen LogP contribution in [0.5, 0.6) is 0 Å². The first-order valence-corrected chi connectivity index (χ1v) is 5.75. The smallest absolute Gasteiger partial charge is 0.0713 e. The average Bonchev–Trinajstić information content (AvgIpc) is 2.35. The van der Waals surface area contributed by atoms with E-state index in [1.165, 1.54) is 0 Å². The highest BCUT2D eigenvalue weighted by Crippen LogP contribution is 2.10. The molecule has 0 saturated carbocycles. The number of anilines is 1. The third-order valence-electron chi connectivity index (χ3n) is 2.25. The molecule has 0 fully saturated rings.